The van der Waals surface area contributed by atoms with Crippen molar-refractivity contribution in [1.29, 1.82) is 0 Å². The van der Waals surface area contributed by atoms with Crippen LogP contribution in [0.15, 0.2) is 24.3 Å². The number of rotatable bonds is 6. The van der Waals surface area contributed by atoms with Crippen molar-refractivity contribution >= 4 is 0 Å². The Kier molecular flexibility index (Phi) is 4.07. The summed E-state index contributed by atoms with van der Waals surface area (Å²) in [6.07, 6.45) is 8.46. The molecule has 2 nitrogen and oxygen atoms in total. The summed E-state index contributed by atoms with van der Waals surface area (Å²) < 4.78 is 5.93. The molecule has 0 radical (unpaired) electrons. The van der Waals surface area contributed by atoms with Gasteiger partial charge in [0.05, 0.1) is 6.10 Å². The average Bonchev–Trinajstić information content (AvgIpc) is 3.07. The fraction of sp³-hybridized carbons (Fsp3) is 0.647. The van der Waals surface area contributed by atoms with Crippen LogP contribution in [0.3, 0.4) is 0 Å². The molecule has 2 saturated carbocycles. The first-order valence-corrected chi connectivity index (χ1v) is 7.87. The summed E-state index contributed by atoms with van der Waals surface area (Å²) in [7, 11) is 0. The Balaban J connectivity index is 1.75. The highest BCUT2D eigenvalue weighted by Gasteiger charge is 2.27. The molecule has 2 aliphatic carbocycles. The van der Waals surface area contributed by atoms with Crippen LogP contribution in [0.4, 0.5) is 0 Å². The van der Waals surface area contributed by atoms with Gasteiger partial charge in [-0.1, -0.05) is 31.9 Å². The Morgan fingerprint density at radius 2 is 2.00 bits per heavy atom. The van der Waals surface area contributed by atoms with Crippen LogP contribution >= 0.6 is 0 Å². The number of hydrogen-bond donors (Lipinski definition) is 1. The normalized spacial score (nSPS) is 21.5. The highest BCUT2D eigenvalue weighted by atomic mass is 16.5. The second-order valence-corrected chi connectivity index (χ2v) is 5.97. The van der Waals surface area contributed by atoms with E-state index >= 15 is 0 Å². The molecule has 2 heteroatoms. The monoisotopic (exact) mass is 259 g/mol. The summed E-state index contributed by atoms with van der Waals surface area (Å²) in [5, 5.41) is 3.68. The molecule has 0 aliphatic heterocycles. The molecular formula is C17H25NO. The largest absolute Gasteiger partial charge is 0.490 e. The van der Waals surface area contributed by atoms with E-state index in [1.165, 1.54) is 44.1 Å². The van der Waals surface area contributed by atoms with Gasteiger partial charge in [-0.25, -0.2) is 0 Å². The summed E-state index contributed by atoms with van der Waals surface area (Å²) in [6.45, 7) is 3.24. The lowest BCUT2D eigenvalue weighted by Gasteiger charge is -2.25. The van der Waals surface area contributed by atoms with Gasteiger partial charge in [-0.15, -0.1) is 0 Å². The third-order valence-corrected chi connectivity index (χ3v) is 4.34. The minimum Gasteiger partial charge on any atom is -0.490 e. The number of hydrogen-bond acceptors (Lipinski definition) is 2. The van der Waals surface area contributed by atoms with Gasteiger partial charge in [-0.3, -0.25) is 0 Å². The lowest BCUT2D eigenvalue weighted by molar-refractivity contribution is 0.301. The van der Waals surface area contributed by atoms with Gasteiger partial charge in [-0.05, 0) is 55.8 Å². The summed E-state index contributed by atoms with van der Waals surface area (Å²) in [4.78, 5) is 0. The van der Waals surface area contributed by atoms with Gasteiger partial charge in [0.15, 0.2) is 0 Å². The van der Waals surface area contributed by atoms with E-state index in [-0.39, 0.29) is 0 Å². The number of nitrogens with one attached hydrogen (secondary N) is 1. The van der Waals surface area contributed by atoms with Crippen molar-refractivity contribution in [3.8, 4) is 5.75 Å². The van der Waals surface area contributed by atoms with Crippen LogP contribution < -0.4 is 10.1 Å². The van der Waals surface area contributed by atoms with Crippen LogP contribution in [0.2, 0.25) is 0 Å². The van der Waals surface area contributed by atoms with Crippen LogP contribution in [-0.2, 0) is 0 Å². The van der Waals surface area contributed by atoms with Gasteiger partial charge in [0.1, 0.15) is 5.75 Å². The molecule has 0 aromatic heterocycles. The topological polar surface area (TPSA) is 21.3 Å². The molecule has 0 spiro atoms. The van der Waals surface area contributed by atoms with Crippen molar-refractivity contribution in [2.75, 3.05) is 6.54 Å². The van der Waals surface area contributed by atoms with Crippen LogP contribution in [0.25, 0.3) is 0 Å². The SMILES string of the molecule is CCNC(c1cccc(OC2CC2)c1)C1CCCC1. The minimum absolute atomic E-state index is 0.485. The first kappa shape index (κ1) is 13.0. The molecule has 0 bridgehead atoms. The quantitative estimate of drug-likeness (QED) is 0.831. The Hall–Kier alpha value is -1.02. The van der Waals surface area contributed by atoms with Crippen molar-refractivity contribution in [2.45, 2.75) is 57.6 Å². The Morgan fingerprint density at radius 1 is 1.21 bits per heavy atom. The molecule has 0 heterocycles. The minimum atomic E-state index is 0.485. The average molecular weight is 259 g/mol. The Labute approximate surface area is 116 Å². The molecule has 3 rings (SSSR count). The van der Waals surface area contributed by atoms with Crippen LogP contribution in [-0.4, -0.2) is 12.6 Å². The zero-order valence-electron chi connectivity index (χ0n) is 11.9. The molecule has 0 saturated heterocycles. The second-order valence-electron chi connectivity index (χ2n) is 5.97. The van der Waals surface area contributed by atoms with Gasteiger partial charge in [0.2, 0.25) is 0 Å². The molecule has 2 fully saturated rings. The molecule has 1 aromatic carbocycles. The van der Waals surface area contributed by atoms with Gasteiger partial charge in [0, 0.05) is 6.04 Å². The lowest BCUT2D eigenvalue weighted by atomic mass is 9.91. The molecule has 1 atom stereocenters. The molecule has 104 valence electrons. The summed E-state index contributed by atoms with van der Waals surface area (Å²) in [6, 6.07) is 9.26. The maximum Gasteiger partial charge on any atom is 0.120 e. The predicted octanol–water partition coefficient (Wildman–Crippen LogP) is 4.07. The van der Waals surface area contributed by atoms with Gasteiger partial charge < -0.3 is 10.1 Å². The maximum absolute atomic E-state index is 5.93. The third-order valence-electron chi connectivity index (χ3n) is 4.34. The van der Waals surface area contributed by atoms with E-state index in [2.05, 4.69) is 36.5 Å². The molecule has 1 aromatic rings. The molecule has 1 unspecified atom stereocenters. The standard InChI is InChI=1S/C17H25NO/c1-2-18-17(13-6-3-4-7-13)14-8-5-9-16(12-14)19-15-10-11-15/h5,8-9,12-13,15,17-18H,2-4,6-7,10-11H2,1H3. The molecule has 2 aliphatic rings. The van der Waals surface area contributed by atoms with Crippen molar-refractivity contribution in [3.63, 3.8) is 0 Å². The fourth-order valence-electron chi connectivity index (χ4n) is 3.23. The van der Waals surface area contributed by atoms with Crippen molar-refractivity contribution in [1.82, 2.24) is 5.32 Å². The summed E-state index contributed by atoms with van der Waals surface area (Å²) in [5.41, 5.74) is 1.41. The van der Waals surface area contributed by atoms with Crippen LogP contribution in [0.5, 0.6) is 5.75 Å². The van der Waals surface area contributed by atoms with E-state index in [4.69, 9.17) is 4.74 Å². The highest BCUT2D eigenvalue weighted by molar-refractivity contribution is 5.31. The third kappa shape index (κ3) is 3.30. The van der Waals surface area contributed by atoms with E-state index in [0.717, 1.165) is 18.2 Å². The van der Waals surface area contributed by atoms with E-state index in [1.807, 2.05) is 0 Å². The number of ether oxygens (including phenoxy) is 1. The fourth-order valence-corrected chi connectivity index (χ4v) is 3.23. The van der Waals surface area contributed by atoms with Gasteiger partial charge >= 0.3 is 0 Å². The summed E-state index contributed by atoms with van der Waals surface area (Å²) >= 11 is 0. The van der Waals surface area contributed by atoms with Crippen molar-refractivity contribution in [3.05, 3.63) is 29.8 Å². The second kappa shape index (κ2) is 5.96. The maximum atomic E-state index is 5.93. The van der Waals surface area contributed by atoms with Crippen LogP contribution in [0, 0.1) is 5.92 Å². The molecule has 0 amide bonds. The van der Waals surface area contributed by atoms with E-state index in [1.54, 1.807) is 0 Å². The molecular weight excluding hydrogens is 234 g/mol. The molecule has 19 heavy (non-hydrogen) atoms. The van der Waals surface area contributed by atoms with Crippen LogP contribution in [0.1, 0.15) is 57.1 Å². The van der Waals surface area contributed by atoms with Gasteiger partial charge in [0.25, 0.3) is 0 Å². The van der Waals surface area contributed by atoms with Crippen molar-refractivity contribution < 1.29 is 4.74 Å². The first-order chi connectivity index (χ1) is 9.36. The van der Waals surface area contributed by atoms with E-state index in [0.29, 0.717) is 12.1 Å². The number of benzene rings is 1. The highest BCUT2D eigenvalue weighted by Crippen LogP contribution is 2.37. The predicted molar refractivity (Wildman–Crippen MR) is 78.5 cm³/mol. The Bertz CT molecular complexity index is 407. The Morgan fingerprint density at radius 3 is 2.68 bits per heavy atom. The van der Waals surface area contributed by atoms with E-state index < -0.39 is 0 Å². The summed E-state index contributed by atoms with van der Waals surface area (Å²) in [5.74, 6) is 1.86. The lowest BCUT2D eigenvalue weighted by Crippen LogP contribution is -2.26. The smallest absolute Gasteiger partial charge is 0.120 e. The molecule has 1 N–H and O–H groups in total. The zero-order valence-corrected chi connectivity index (χ0v) is 11.9. The van der Waals surface area contributed by atoms with Gasteiger partial charge in [-0.2, -0.15) is 0 Å². The zero-order chi connectivity index (χ0) is 13.1. The first-order valence-electron chi connectivity index (χ1n) is 7.87. The van der Waals surface area contributed by atoms with E-state index in [9.17, 15) is 0 Å². The van der Waals surface area contributed by atoms with Crippen molar-refractivity contribution in [2.24, 2.45) is 5.92 Å².